The molecule has 0 aliphatic carbocycles. The standard InChI is InChI=1S/C17H14Cl2N4O/c18-14-6-7-15(16(19)8-14)17(9-23-12-20-11-21-23)22-24-10-13-4-2-1-3-5-13/h1-8,11-12H,9-10H2/b22-17+. The molecule has 24 heavy (non-hydrogen) atoms. The molecular formula is C17H14Cl2N4O. The molecule has 1 aromatic heterocycles. The zero-order valence-electron chi connectivity index (χ0n) is 12.6. The van der Waals surface area contributed by atoms with E-state index in [2.05, 4.69) is 15.2 Å². The van der Waals surface area contributed by atoms with Gasteiger partial charge in [-0.3, -0.25) is 0 Å². The minimum absolute atomic E-state index is 0.368. The summed E-state index contributed by atoms with van der Waals surface area (Å²) in [4.78, 5) is 9.44. The van der Waals surface area contributed by atoms with Crippen LogP contribution in [0.2, 0.25) is 10.0 Å². The highest BCUT2D eigenvalue weighted by Gasteiger charge is 2.11. The van der Waals surface area contributed by atoms with Crippen LogP contribution in [0.15, 0.2) is 66.3 Å². The maximum Gasteiger partial charge on any atom is 0.142 e. The van der Waals surface area contributed by atoms with Crippen LogP contribution in [-0.4, -0.2) is 20.5 Å². The highest BCUT2D eigenvalue weighted by Crippen LogP contribution is 2.22. The van der Waals surface area contributed by atoms with Crippen molar-refractivity contribution in [2.75, 3.05) is 0 Å². The lowest BCUT2D eigenvalue weighted by atomic mass is 10.1. The Morgan fingerprint density at radius 1 is 1.12 bits per heavy atom. The second kappa shape index (κ2) is 7.95. The van der Waals surface area contributed by atoms with Gasteiger partial charge in [0.1, 0.15) is 25.0 Å². The number of aromatic nitrogens is 3. The van der Waals surface area contributed by atoms with E-state index in [1.54, 1.807) is 23.1 Å². The Morgan fingerprint density at radius 2 is 1.96 bits per heavy atom. The average Bonchev–Trinajstić information content (AvgIpc) is 3.08. The van der Waals surface area contributed by atoms with E-state index in [-0.39, 0.29) is 0 Å². The molecule has 0 bridgehead atoms. The predicted octanol–water partition coefficient (Wildman–Crippen LogP) is 4.21. The van der Waals surface area contributed by atoms with Crippen molar-refractivity contribution in [2.24, 2.45) is 5.16 Å². The first-order valence-electron chi connectivity index (χ1n) is 7.23. The Hall–Kier alpha value is -2.37. The normalized spacial score (nSPS) is 11.5. The number of oxime groups is 1. The molecule has 0 saturated heterocycles. The third kappa shape index (κ3) is 4.34. The van der Waals surface area contributed by atoms with Crippen molar-refractivity contribution in [1.29, 1.82) is 0 Å². The summed E-state index contributed by atoms with van der Waals surface area (Å²) in [5.41, 5.74) is 2.41. The quantitative estimate of drug-likeness (QED) is 0.488. The van der Waals surface area contributed by atoms with Crippen LogP contribution >= 0.6 is 23.2 Å². The van der Waals surface area contributed by atoms with E-state index in [0.29, 0.717) is 28.9 Å². The van der Waals surface area contributed by atoms with E-state index in [1.807, 2.05) is 36.4 Å². The van der Waals surface area contributed by atoms with Crippen molar-refractivity contribution in [3.63, 3.8) is 0 Å². The Labute approximate surface area is 149 Å². The maximum atomic E-state index is 6.29. The molecule has 0 N–H and O–H groups in total. The lowest BCUT2D eigenvalue weighted by molar-refractivity contribution is 0.130. The summed E-state index contributed by atoms with van der Waals surface area (Å²) >= 11 is 12.3. The Balaban J connectivity index is 1.82. The number of benzene rings is 2. The molecule has 0 spiro atoms. The van der Waals surface area contributed by atoms with Gasteiger partial charge in [0.25, 0.3) is 0 Å². The average molecular weight is 361 g/mol. The van der Waals surface area contributed by atoms with Gasteiger partial charge in [-0.05, 0) is 23.8 Å². The number of hydrogen-bond acceptors (Lipinski definition) is 4. The van der Waals surface area contributed by atoms with Crippen LogP contribution in [0.4, 0.5) is 0 Å². The van der Waals surface area contributed by atoms with Gasteiger partial charge in [-0.1, -0.05) is 58.7 Å². The van der Waals surface area contributed by atoms with E-state index in [1.165, 1.54) is 6.33 Å². The van der Waals surface area contributed by atoms with Crippen LogP contribution in [-0.2, 0) is 18.0 Å². The van der Waals surface area contributed by atoms with Crippen LogP contribution in [0.1, 0.15) is 11.1 Å². The Morgan fingerprint density at radius 3 is 2.67 bits per heavy atom. The fourth-order valence-corrected chi connectivity index (χ4v) is 2.63. The van der Waals surface area contributed by atoms with Crippen LogP contribution in [0, 0.1) is 0 Å². The SMILES string of the molecule is Clc1ccc(/C(Cn2cncn2)=N/OCc2ccccc2)c(Cl)c1. The van der Waals surface area contributed by atoms with Crippen LogP contribution in [0.25, 0.3) is 0 Å². The summed E-state index contributed by atoms with van der Waals surface area (Å²) in [6, 6.07) is 15.1. The molecule has 2 aromatic carbocycles. The highest BCUT2D eigenvalue weighted by atomic mass is 35.5. The molecule has 0 unspecified atom stereocenters. The minimum Gasteiger partial charge on any atom is -0.391 e. The number of rotatable bonds is 6. The summed E-state index contributed by atoms with van der Waals surface area (Å²) in [6.07, 6.45) is 3.07. The number of nitrogens with zero attached hydrogens (tertiary/aromatic N) is 4. The fraction of sp³-hybridized carbons (Fsp3) is 0.118. The monoisotopic (exact) mass is 360 g/mol. The lowest BCUT2D eigenvalue weighted by Crippen LogP contribution is -2.13. The van der Waals surface area contributed by atoms with E-state index in [0.717, 1.165) is 11.1 Å². The van der Waals surface area contributed by atoms with Crippen molar-refractivity contribution in [3.8, 4) is 0 Å². The van der Waals surface area contributed by atoms with E-state index in [4.69, 9.17) is 28.0 Å². The molecule has 3 aromatic rings. The summed E-state index contributed by atoms with van der Waals surface area (Å²) in [7, 11) is 0. The molecule has 0 aliphatic rings. The van der Waals surface area contributed by atoms with Gasteiger partial charge < -0.3 is 4.84 Å². The molecule has 7 heteroatoms. The fourth-order valence-electron chi connectivity index (χ4n) is 2.11. The third-order valence-corrected chi connectivity index (χ3v) is 3.82. The van der Waals surface area contributed by atoms with Crippen LogP contribution < -0.4 is 0 Å². The third-order valence-electron chi connectivity index (χ3n) is 3.27. The summed E-state index contributed by atoms with van der Waals surface area (Å²) in [6.45, 7) is 0.753. The molecule has 0 amide bonds. The molecule has 3 rings (SSSR count). The van der Waals surface area contributed by atoms with Crippen molar-refractivity contribution in [2.45, 2.75) is 13.2 Å². The topological polar surface area (TPSA) is 52.3 Å². The van der Waals surface area contributed by atoms with Gasteiger partial charge in [0.05, 0.1) is 11.6 Å². The van der Waals surface area contributed by atoms with Gasteiger partial charge in [-0.2, -0.15) is 5.10 Å². The lowest BCUT2D eigenvalue weighted by Gasteiger charge is -2.09. The molecule has 0 atom stereocenters. The Kier molecular flexibility index (Phi) is 5.46. The predicted molar refractivity (Wildman–Crippen MR) is 94.3 cm³/mol. The van der Waals surface area contributed by atoms with Crippen molar-refractivity contribution in [3.05, 3.63) is 82.4 Å². The minimum atomic E-state index is 0.368. The zero-order chi connectivity index (χ0) is 16.8. The van der Waals surface area contributed by atoms with E-state index >= 15 is 0 Å². The second-order valence-corrected chi connectivity index (χ2v) is 5.86. The van der Waals surface area contributed by atoms with E-state index in [9.17, 15) is 0 Å². The smallest absolute Gasteiger partial charge is 0.142 e. The molecule has 122 valence electrons. The van der Waals surface area contributed by atoms with Gasteiger partial charge in [0.15, 0.2) is 0 Å². The number of hydrogen-bond donors (Lipinski definition) is 0. The summed E-state index contributed by atoms with van der Waals surface area (Å²) < 4.78 is 1.65. The van der Waals surface area contributed by atoms with Gasteiger partial charge in [-0.25, -0.2) is 9.67 Å². The second-order valence-electron chi connectivity index (χ2n) is 5.01. The van der Waals surface area contributed by atoms with Gasteiger partial charge in [-0.15, -0.1) is 0 Å². The molecular weight excluding hydrogens is 347 g/mol. The van der Waals surface area contributed by atoms with Crippen LogP contribution in [0.5, 0.6) is 0 Å². The molecule has 0 fully saturated rings. The van der Waals surface area contributed by atoms with Gasteiger partial charge in [0.2, 0.25) is 0 Å². The maximum absolute atomic E-state index is 6.29. The van der Waals surface area contributed by atoms with Crippen molar-refractivity contribution in [1.82, 2.24) is 14.8 Å². The number of halogens is 2. The Bertz CT molecular complexity index is 820. The van der Waals surface area contributed by atoms with Gasteiger partial charge in [0, 0.05) is 10.6 Å². The largest absolute Gasteiger partial charge is 0.391 e. The van der Waals surface area contributed by atoms with Crippen LogP contribution in [0.3, 0.4) is 0 Å². The first kappa shape index (κ1) is 16.5. The first-order valence-corrected chi connectivity index (χ1v) is 7.98. The molecule has 0 saturated carbocycles. The highest BCUT2D eigenvalue weighted by molar-refractivity contribution is 6.37. The summed E-state index contributed by atoms with van der Waals surface area (Å²) in [5.74, 6) is 0. The van der Waals surface area contributed by atoms with Crippen molar-refractivity contribution >= 4 is 28.9 Å². The molecule has 1 heterocycles. The van der Waals surface area contributed by atoms with Gasteiger partial charge >= 0.3 is 0 Å². The summed E-state index contributed by atoms with van der Waals surface area (Å²) in [5, 5.41) is 9.42. The molecule has 5 nitrogen and oxygen atoms in total. The molecule has 0 aliphatic heterocycles. The first-order chi connectivity index (χ1) is 11.7. The van der Waals surface area contributed by atoms with Crippen molar-refractivity contribution < 1.29 is 4.84 Å². The molecule has 0 radical (unpaired) electrons. The zero-order valence-corrected chi connectivity index (χ0v) is 14.2. The van der Waals surface area contributed by atoms with E-state index < -0.39 is 0 Å².